The van der Waals surface area contributed by atoms with Crippen molar-refractivity contribution in [1.82, 2.24) is 0 Å². The molecule has 2 rings (SSSR count). The Labute approximate surface area is 110 Å². The maximum absolute atomic E-state index is 13.0. The lowest BCUT2D eigenvalue weighted by Gasteiger charge is -2.14. The molecule has 0 unspecified atom stereocenters. The molecule has 19 heavy (non-hydrogen) atoms. The quantitative estimate of drug-likeness (QED) is 0.505. The van der Waals surface area contributed by atoms with Gasteiger partial charge in [-0.2, -0.15) is 0 Å². The molecule has 1 aromatic rings. The summed E-state index contributed by atoms with van der Waals surface area (Å²) in [6, 6.07) is 3.53. The molecule has 0 amide bonds. The first-order chi connectivity index (χ1) is 9.16. The lowest BCUT2D eigenvalue weighted by atomic mass is 10.1. The van der Waals surface area contributed by atoms with Crippen LogP contribution in [0.3, 0.4) is 0 Å². The molecule has 0 aliphatic carbocycles. The second-order valence-corrected chi connectivity index (χ2v) is 4.28. The summed E-state index contributed by atoms with van der Waals surface area (Å²) in [7, 11) is 0. The molecule has 0 aromatic heterocycles. The first-order valence-corrected chi connectivity index (χ1v) is 6.10. The van der Waals surface area contributed by atoms with Gasteiger partial charge >= 0.3 is 0 Å². The molecule has 102 valence electrons. The van der Waals surface area contributed by atoms with Gasteiger partial charge in [0.15, 0.2) is 0 Å². The van der Waals surface area contributed by atoms with E-state index in [4.69, 9.17) is 4.74 Å². The van der Waals surface area contributed by atoms with Crippen LogP contribution in [0.15, 0.2) is 29.8 Å². The van der Waals surface area contributed by atoms with Crippen LogP contribution < -0.4 is 5.32 Å². The zero-order chi connectivity index (χ0) is 13.7. The number of nitrogens with one attached hydrogen (secondary N) is 1. The molecule has 0 saturated heterocycles. The molecule has 1 N–H and O–H groups in total. The molecular weight excluding hydrogens is 251 g/mol. The normalized spacial score (nSPS) is 14.9. The Morgan fingerprint density at radius 3 is 3.00 bits per heavy atom. The molecule has 0 saturated carbocycles. The Kier molecular flexibility index (Phi) is 4.46. The Hall–Kier alpha value is -1.95. The summed E-state index contributed by atoms with van der Waals surface area (Å²) in [5.41, 5.74) is 1.39. The van der Waals surface area contributed by atoms with E-state index in [1.165, 1.54) is 17.7 Å². The van der Waals surface area contributed by atoms with E-state index in [9.17, 15) is 14.5 Å². The fourth-order valence-electron chi connectivity index (χ4n) is 1.96. The third-order valence-corrected chi connectivity index (χ3v) is 2.98. The highest BCUT2D eigenvalue weighted by molar-refractivity contribution is 5.61. The van der Waals surface area contributed by atoms with E-state index in [1.54, 1.807) is 0 Å². The van der Waals surface area contributed by atoms with Gasteiger partial charge in [-0.15, -0.1) is 0 Å². The molecule has 1 aliphatic rings. The van der Waals surface area contributed by atoms with Crippen molar-refractivity contribution < 1.29 is 14.1 Å². The third-order valence-electron chi connectivity index (χ3n) is 2.98. The number of hydrogen-bond acceptors (Lipinski definition) is 4. The molecule has 0 radical (unpaired) electrons. The monoisotopic (exact) mass is 266 g/mol. The number of ether oxygens (including phenoxy) is 1. The predicted molar refractivity (Wildman–Crippen MR) is 69.7 cm³/mol. The summed E-state index contributed by atoms with van der Waals surface area (Å²) in [5.74, 6) is -0.607. The average Bonchev–Trinajstić information content (AvgIpc) is 2.41. The van der Waals surface area contributed by atoms with E-state index in [0.717, 1.165) is 25.5 Å². The van der Waals surface area contributed by atoms with Crippen LogP contribution in [0, 0.1) is 15.9 Å². The Balaban J connectivity index is 1.95. The van der Waals surface area contributed by atoms with Gasteiger partial charge in [0.1, 0.15) is 11.5 Å². The number of hydrogen-bond donors (Lipinski definition) is 1. The van der Waals surface area contributed by atoms with Gasteiger partial charge in [-0.05, 0) is 25.0 Å². The number of nitro groups is 1. The fourth-order valence-corrected chi connectivity index (χ4v) is 1.96. The van der Waals surface area contributed by atoms with Crippen molar-refractivity contribution in [3.63, 3.8) is 0 Å². The van der Waals surface area contributed by atoms with Gasteiger partial charge in [0.05, 0.1) is 24.2 Å². The van der Waals surface area contributed by atoms with Gasteiger partial charge in [0.2, 0.25) is 0 Å². The van der Waals surface area contributed by atoms with Crippen LogP contribution in [0.4, 0.5) is 15.8 Å². The van der Waals surface area contributed by atoms with Gasteiger partial charge in [0, 0.05) is 6.54 Å². The van der Waals surface area contributed by atoms with Gasteiger partial charge in [-0.25, -0.2) is 4.39 Å². The van der Waals surface area contributed by atoms with E-state index in [2.05, 4.69) is 5.32 Å². The van der Waals surface area contributed by atoms with Crippen molar-refractivity contribution in [3.05, 3.63) is 45.8 Å². The number of anilines is 1. The number of nitro benzene ring substituents is 1. The summed E-state index contributed by atoms with van der Waals surface area (Å²) in [6.07, 6.45) is 3.73. The number of rotatable bonds is 5. The van der Waals surface area contributed by atoms with Gasteiger partial charge in [-0.3, -0.25) is 10.1 Å². The highest BCUT2D eigenvalue weighted by Gasteiger charge is 2.14. The second-order valence-electron chi connectivity index (χ2n) is 4.28. The maximum Gasteiger partial charge on any atom is 0.295 e. The zero-order valence-corrected chi connectivity index (χ0v) is 10.4. The highest BCUT2D eigenvalue weighted by atomic mass is 19.1. The minimum atomic E-state index is -0.607. The predicted octanol–water partition coefficient (Wildman–Crippen LogP) is 2.88. The summed E-state index contributed by atoms with van der Waals surface area (Å²) in [6.45, 7) is 1.94. The van der Waals surface area contributed by atoms with Crippen LogP contribution in [0.25, 0.3) is 0 Å². The molecule has 1 aromatic carbocycles. The molecule has 6 heteroatoms. The molecule has 0 fully saturated rings. The average molecular weight is 266 g/mol. The standard InChI is InChI=1S/C13H15FN2O3/c14-11-1-2-12(13(9-11)16(17)18)15-6-3-10-4-7-19-8-5-10/h1-2,4,9,15H,3,5-8H2. The number of halogens is 1. The lowest BCUT2D eigenvalue weighted by Crippen LogP contribution is -2.09. The molecule has 0 atom stereocenters. The van der Waals surface area contributed by atoms with E-state index >= 15 is 0 Å². The Morgan fingerprint density at radius 2 is 2.32 bits per heavy atom. The summed E-state index contributed by atoms with van der Waals surface area (Å²) in [5, 5.41) is 13.8. The smallest absolute Gasteiger partial charge is 0.295 e. The highest BCUT2D eigenvalue weighted by Crippen LogP contribution is 2.25. The SMILES string of the molecule is O=[N+]([O-])c1cc(F)ccc1NCCC1=CCOCC1. The van der Waals surface area contributed by atoms with Crippen molar-refractivity contribution in [2.24, 2.45) is 0 Å². The summed E-state index contributed by atoms with van der Waals surface area (Å²) in [4.78, 5) is 10.2. The van der Waals surface area contributed by atoms with Crippen molar-refractivity contribution in [1.29, 1.82) is 0 Å². The molecule has 1 aliphatic heterocycles. The van der Waals surface area contributed by atoms with Gasteiger partial charge in [0.25, 0.3) is 5.69 Å². The Morgan fingerprint density at radius 1 is 1.47 bits per heavy atom. The molecular formula is C13H15FN2O3. The largest absolute Gasteiger partial charge is 0.379 e. The minimum Gasteiger partial charge on any atom is -0.379 e. The first kappa shape index (κ1) is 13.5. The van der Waals surface area contributed by atoms with E-state index in [1.807, 2.05) is 6.08 Å². The molecule has 0 bridgehead atoms. The lowest BCUT2D eigenvalue weighted by molar-refractivity contribution is -0.384. The minimum absolute atomic E-state index is 0.235. The van der Waals surface area contributed by atoms with Gasteiger partial charge < -0.3 is 10.1 Å². The molecule has 0 spiro atoms. The number of nitrogens with zero attached hydrogens (tertiary/aromatic N) is 1. The first-order valence-electron chi connectivity index (χ1n) is 6.10. The molecule has 1 heterocycles. The van der Waals surface area contributed by atoms with Crippen molar-refractivity contribution in [2.75, 3.05) is 25.1 Å². The van der Waals surface area contributed by atoms with E-state index in [0.29, 0.717) is 18.8 Å². The van der Waals surface area contributed by atoms with Crippen LogP contribution in [0.2, 0.25) is 0 Å². The third kappa shape index (κ3) is 3.75. The second kappa shape index (κ2) is 6.29. The molecule has 5 nitrogen and oxygen atoms in total. The van der Waals surface area contributed by atoms with E-state index < -0.39 is 10.7 Å². The zero-order valence-electron chi connectivity index (χ0n) is 10.4. The van der Waals surface area contributed by atoms with Crippen LogP contribution in [-0.2, 0) is 4.74 Å². The number of benzene rings is 1. The van der Waals surface area contributed by atoms with Crippen LogP contribution in [0.1, 0.15) is 12.8 Å². The van der Waals surface area contributed by atoms with Crippen molar-refractivity contribution in [2.45, 2.75) is 12.8 Å². The van der Waals surface area contributed by atoms with E-state index in [-0.39, 0.29) is 5.69 Å². The fraction of sp³-hybridized carbons (Fsp3) is 0.385. The Bertz CT molecular complexity index is 503. The van der Waals surface area contributed by atoms with Crippen molar-refractivity contribution >= 4 is 11.4 Å². The van der Waals surface area contributed by atoms with Crippen LogP contribution >= 0.6 is 0 Å². The van der Waals surface area contributed by atoms with Gasteiger partial charge in [-0.1, -0.05) is 11.6 Å². The van der Waals surface area contributed by atoms with Crippen molar-refractivity contribution in [3.8, 4) is 0 Å². The summed E-state index contributed by atoms with van der Waals surface area (Å²) < 4.78 is 18.2. The topological polar surface area (TPSA) is 64.4 Å². The summed E-state index contributed by atoms with van der Waals surface area (Å²) >= 11 is 0. The van der Waals surface area contributed by atoms with Crippen LogP contribution in [-0.4, -0.2) is 24.7 Å². The maximum atomic E-state index is 13.0. The van der Waals surface area contributed by atoms with Crippen LogP contribution in [0.5, 0.6) is 0 Å².